The molecule has 0 saturated heterocycles. The highest BCUT2D eigenvalue weighted by Gasteiger charge is 2.24. The van der Waals surface area contributed by atoms with Crippen molar-refractivity contribution in [3.05, 3.63) is 29.8 Å². The fourth-order valence-electron chi connectivity index (χ4n) is 1.44. The van der Waals surface area contributed by atoms with Crippen molar-refractivity contribution in [1.29, 1.82) is 0 Å². The summed E-state index contributed by atoms with van der Waals surface area (Å²) in [6.07, 6.45) is 1.42. The summed E-state index contributed by atoms with van der Waals surface area (Å²) >= 11 is 0. The first-order valence-corrected chi connectivity index (χ1v) is 5.29. The van der Waals surface area contributed by atoms with Crippen LogP contribution in [0.4, 0.5) is 12.9 Å². The van der Waals surface area contributed by atoms with Gasteiger partial charge in [-0.2, -0.15) is 0 Å². The first kappa shape index (κ1) is 13.6. The van der Waals surface area contributed by atoms with Crippen LogP contribution in [0.5, 0.6) is 0 Å². The van der Waals surface area contributed by atoms with E-state index in [1.807, 2.05) is 0 Å². The summed E-state index contributed by atoms with van der Waals surface area (Å²) in [6.45, 7) is -4.92. The lowest BCUT2D eigenvalue weighted by Gasteiger charge is -2.14. The molecule has 1 aromatic rings. The van der Waals surface area contributed by atoms with E-state index in [1.54, 1.807) is 0 Å². The molecule has 0 bridgehead atoms. The van der Waals surface area contributed by atoms with Crippen LogP contribution in [0.2, 0.25) is 0 Å². The second-order valence-electron chi connectivity index (χ2n) is 3.75. The molecule has 0 aliphatic carbocycles. The molecule has 0 radical (unpaired) electrons. The van der Waals surface area contributed by atoms with Crippen LogP contribution in [0.25, 0.3) is 0 Å². The Morgan fingerprint density at radius 2 is 1.82 bits per heavy atom. The zero-order valence-electron chi connectivity index (χ0n) is 9.46. The Balaban J connectivity index is 2.49. The van der Waals surface area contributed by atoms with Gasteiger partial charge in [-0.15, -0.1) is 5.46 Å². The molecule has 0 fully saturated rings. The minimum Gasteiger partial charge on any atom is -0.469 e. The highest BCUT2D eigenvalue weighted by molar-refractivity contribution is 6.73. The lowest BCUT2D eigenvalue weighted by molar-refractivity contribution is -0.140. The number of methoxy groups -OCH3 is 1. The minimum atomic E-state index is -4.92. The van der Waals surface area contributed by atoms with Crippen molar-refractivity contribution in [2.75, 3.05) is 7.11 Å². The average Bonchev–Trinajstić information content (AvgIpc) is 2.28. The molecule has 0 amide bonds. The van der Waals surface area contributed by atoms with Crippen LogP contribution >= 0.6 is 0 Å². The fraction of sp³-hybridized carbons (Fsp3) is 0.364. The number of carbonyl (C=O) groups excluding carboxylic acids is 1. The van der Waals surface area contributed by atoms with Gasteiger partial charge in [0, 0.05) is 6.42 Å². The number of benzene rings is 1. The zero-order valence-corrected chi connectivity index (χ0v) is 9.46. The molecule has 0 aliphatic heterocycles. The van der Waals surface area contributed by atoms with Crippen LogP contribution in [0.1, 0.15) is 18.4 Å². The summed E-state index contributed by atoms with van der Waals surface area (Å²) in [5.74, 6) is -0.305. The van der Waals surface area contributed by atoms with Crippen LogP contribution in [0, 0.1) is 0 Å². The Labute approximate surface area is 97.8 Å². The third-order valence-corrected chi connectivity index (χ3v) is 2.43. The van der Waals surface area contributed by atoms with E-state index in [1.165, 1.54) is 19.2 Å². The van der Waals surface area contributed by atoms with Crippen molar-refractivity contribution >= 4 is 18.4 Å². The molecule has 0 spiro atoms. The second-order valence-corrected chi connectivity index (χ2v) is 3.75. The summed E-state index contributed by atoms with van der Waals surface area (Å²) in [4.78, 5) is 10.8. The lowest BCUT2D eigenvalue weighted by Crippen LogP contribution is -2.33. The van der Waals surface area contributed by atoms with Gasteiger partial charge in [0.15, 0.2) is 0 Å². The van der Waals surface area contributed by atoms with E-state index < -0.39 is 12.4 Å². The first-order valence-electron chi connectivity index (χ1n) is 5.29. The summed E-state index contributed by atoms with van der Waals surface area (Å²) in [6, 6.07) is 5.05. The van der Waals surface area contributed by atoms with Gasteiger partial charge in [0.05, 0.1) is 7.11 Å². The van der Waals surface area contributed by atoms with Crippen molar-refractivity contribution < 1.29 is 22.5 Å². The van der Waals surface area contributed by atoms with E-state index in [2.05, 4.69) is 4.74 Å². The van der Waals surface area contributed by atoms with E-state index in [4.69, 9.17) is 0 Å². The molecule has 0 aromatic heterocycles. The van der Waals surface area contributed by atoms with Gasteiger partial charge in [-0.1, -0.05) is 24.3 Å². The number of carbonyl (C=O) groups is 1. The summed E-state index contributed by atoms with van der Waals surface area (Å²) in [5.41, 5.74) is 0.194. The summed E-state index contributed by atoms with van der Waals surface area (Å²) in [7, 11) is 1.31. The Hall–Kier alpha value is -1.46. The molecule has 1 aromatic carbocycles. The average molecular weight is 245 g/mol. The van der Waals surface area contributed by atoms with Crippen molar-refractivity contribution in [2.45, 2.75) is 19.3 Å². The Morgan fingerprint density at radius 3 is 2.29 bits per heavy atom. The molecule has 0 saturated carbocycles. The zero-order chi connectivity index (χ0) is 12.9. The van der Waals surface area contributed by atoms with Crippen molar-refractivity contribution in [1.82, 2.24) is 0 Å². The molecule has 0 atom stereocenters. The summed E-state index contributed by atoms with van der Waals surface area (Å²) in [5, 5.41) is 0. The minimum absolute atomic E-state index is 0.279. The molecule has 94 valence electrons. The van der Waals surface area contributed by atoms with Gasteiger partial charge in [0.25, 0.3) is 0 Å². The van der Waals surface area contributed by atoms with Crippen LogP contribution in [-0.2, 0) is 16.0 Å². The predicted octanol–water partition coefficient (Wildman–Crippen LogP) is 2.24. The maximum atomic E-state index is 12.3. The topological polar surface area (TPSA) is 26.3 Å². The van der Waals surface area contributed by atoms with E-state index in [-0.39, 0.29) is 12.4 Å². The van der Waals surface area contributed by atoms with Crippen LogP contribution < -0.4 is 5.46 Å². The van der Waals surface area contributed by atoms with Gasteiger partial charge in [-0.05, 0) is 18.4 Å². The third-order valence-electron chi connectivity index (χ3n) is 2.43. The molecule has 0 aliphatic rings. The van der Waals surface area contributed by atoms with Crippen LogP contribution in [0.15, 0.2) is 24.3 Å². The third kappa shape index (κ3) is 4.50. The fourth-order valence-corrected chi connectivity index (χ4v) is 1.44. The van der Waals surface area contributed by atoms with Crippen molar-refractivity contribution in [3.63, 3.8) is 0 Å². The normalized spacial score (nSPS) is 11.3. The van der Waals surface area contributed by atoms with Gasteiger partial charge < -0.3 is 17.7 Å². The van der Waals surface area contributed by atoms with Gasteiger partial charge in [-0.3, -0.25) is 4.79 Å². The molecule has 0 unspecified atom stereocenters. The number of hydrogen-bond donors (Lipinski definition) is 0. The number of hydrogen-bond acceptors (Lipinski definition) is 2. The number of aryl methyl sites for hydroxylation is 1. The molecular formula is C11H13BF3O2-. The monoisotopic (exact) mass is 245 g/mol. The molecule has 17 heavy (non-hydrogen) atoms. The maximum absolute atomic E-state index is 12.3. The summed E-state index contributed by atoms with van der Waals surface area (Å²) < 4.78 is 41.4. The van der Waals surface area contributed by atoms with Crippen molar-refractivity contribution in [2.24, 2.45) is 0 Å². The Kier molecular flexibility index (Phi) is 4.60. The Morgan fingerprint density at radius 1 is 1.24 bits per heavy atom. The van der Waals surface area contributed by atoms with Gasteiger partial charge in [0.2, 0.25) is 0 Å². The van der Waals surface area contributed by atoms with Gasteiger partial charge >= 0.3 is 12.9 Å². The smallest absolute Gasteiger partial charge is 0.469 e. The van der Waals surface area contributed by atoms with Gasteiger partial charge in [0.1, 0.15) is 0 Å². The standard InChI is InChI=1S/C11H13BF3O2/c1-17-11(16)4-2-3-9-5-7-10(8-6-9)12(13,14)15/h5-8H,2-4H2,1H3/q-1. The molecule has 0 heterocycles. The molecule has 1 rings (SSSR count). The Bertz CT molecular complexity index is 373. The van der Waals surface area contributed by atoms with Gasteiger partial charge in [-0.25, -0.2) is 0 Å². The largest absolute Gasteiger partial charge is 0.509 e. The molecule has 2 nitrogen and oxygen atoms in total. The van der Waals surface area contributed by atoms with E-state index in [0.29, 0.717) is 12.8 Å². The number of halogens is 3. The first-order chi connectivity index (χ1) is 7.93. The molecule has 6 heteroatoms. The molecular weight excluding hydrogens is 232 g/mol. The predicted molar refractivity (Wildman–Crippen MR) is 60.1 cm³/mol. The number of esters is 1. The van der Waals surface area contributed by atoms with Crippen molar-refractivity contribution in [3.8, 4) is 0 Å². The quantitative estimate of drug-likeness (QED) is 0.587. The number of ether oxygens (including phenoxy) is 1. The maximum Gasteiger partial charge on any atom is 0.509 e. The molecule has 0 N–H and O–H groups in total. The van der Waals surface area contributed by atoms with E-state index >= 15 is 0 Å². The van der Waals surface area contributed by atoms with Crippen LogP contribution in [0.3, 0.4) is 0 Å². The lowest BCUT2D eigenvalue weighted by atomic mass is 9.80. The van der Waals surface area contributed by atoms with Crippen LogP contribution in [-0.4, -0.2) is 20.1 Å². The number of rotatable bonds is 5. The highest BCUT2D eigenvalue weighted by atomic mass is 19.4. The SMILES string of the molecule is COC(=O)CCCc1ccc([B-](F)(F)F)cc1. The van der Waals surface area contributed by atoms with E-state index in [0.717, 1.165) is 17.7 Å². The highest BCUT2D eigenvalue weighted by Crippen LogP contribution is 2.11. The van der Waals surface area contributed by atoms with E-state index in [9.17, 15) is 17.7 Å². The second kappa shape index (κ2) is 5.75.